The van der Waals surface area contributed by atoms with Crippen molar-refractivity contribution < 1.29 is 12.8 Å². The van der Waals surface area contributed by atoms with Crippen LogP contribution in [0, 0.1) is 12.7 Å². The maximum atomic E-state index is 13.3. The van der Waals surface area contributed by atoms with Gasteiger partial charge in [0.25, 0.3) is 0 Å². The van der Waals surface area contributed by atoms with Crippen molar-refractivity contribution in [2.45, 2.75) is 43.0 Å². The molecule has 0 amide bonds. The van der Waals surface area contributed by atoms with Gasteiger partial charge in [0.15, 0.2) is 15.8 Å². The van der Waals surface area contributed by atoms with Gasteiger partial charge in [-0.2, -0.15) is 0 Å². The largest absolute Gasteiger partial charge is 0.356 e. The van der Waals surface area contributed by atoms with Crippen molar-refractivity contribution in [3.05, 3.63) is 65.0 Å². The van der Waals surface area contributed by atoms with Gasteiger partial charge in [0.05, 0.1) is 4.90 Å². The van der Waals surface area contributed by atoms with Crippen LogP contribution in [0.1, 0.15) is 36.0 Å². The average Bonchev–Trinajstić information content (AvgIpc) is 2.63. The number of guanidine groups is 1. The van der Waals surface area contributed by atoms with Gasteiger partial charge < -0.3 is 10.6 Å². The second-order valence-electron chi connectivity index (χ2n) is 7.79. The lowest BCUT2D eigenvalue weighted by Crippen LogP contribution is -2.48. The first-order chi connectivity index (χ1) is 13.7. The third kappa shape index (κ3) is 4.96. The highest BCUT2D eigenvalue weighted by molar-refractivity contribution is 7.90. The SMILES string of the molecule is CN=C(NCc1ccc(S(C)(=O)=O)c(C)c1)NCC1(c2ccc(F)cc2)CCC1. The summed E-state index contributed by atoms with van der Waals surface area (Å²) in [6, 6.07) is 12.1. The molecule has 3 rings (SSSR count). The number of halogens is 1. The van der Waals surface area contributed by atoms with E-state index in [2.05, 4.69) is 15.6 Å². The van der Waals surface area contributed by atoms with Crippen LogP contribution in [0.2, 0.25) is 0 Å². The number of rotatable bonds is 6. The Hall–Kier alpha value is -2.41. The smallest absolute Gasteiger partial charge is 0.191 e. The Morgan fingerprint density at radius 2 is 1.83 bits per heavy atom. The molecule has 0 radical (unpaired) electrons. The second-order valence-corrected chi connectivity index (χ2v) is 9.78. The Morgan fingerprint density at radius 1 is 1.14 bits per heavy atom. The molecule has 0 aromatic heterocycles. The molecule has 0 spiro atoms. The zero-order valence-electron chi connectivity index (χ0n) is 17.1. The normalized spacial score (nSPS) is 16.2. The topological polar surface area (TPSA) is 70.6 Å². The van der Waals surface area contributed by atoms with Crippen LogP contribution in [0.5, 0.6) is 0 Å². The molecule has 0 atom stereocenters. The molecule has 0 heterocycles. The van der Waals surface area contributed by atoms with E-state index in [9.17, 15) is 12.8 Å². The minimum atomic E-state index is -3.22. The number of sulfone groups is 1. The third-order valence-corrected chi connectivity index (χ3v) is 6.94. The summed E-state index contributed by atoms with van der Waals surface area (Å²) in [7, 11) is -1.50. The Kier molecular flexibility index (Phi) is 6.27. The zero-order valence-corrected chi connectivity index (χ0v) is 17.9. The van der Waals surface area contributed by atoms with Gasteiger partial charge in [0.2, 0.25) is 0 Å². The van der Waals surface area contributed by atoms with Crippen molar-refractivity contribution in [3.8, 4) is 0 Å². The molecule has 5 nitrogen and oxygen atoms in total. The quantitative estimate of drug-likeness (QED) is 0.559. The van der Waals surface area contributed by atoms with Gasteiger partial charge in [-0.25, -0.2) is 12.8 Å². The number of hydrogen-bond donors (Lipinski definition) is 2. The number of aliphatic imine (C=N–C) groups is 1. The van der Waals surface area contributed by atoms with E-state index in [4.69, 9.17) is 0 Å². The predicted molar refractivity (Wildman–Crippen MR) is 114 cm³/mol. The molecule has 156 valence electrons. The Bertz CT molecular complexity index is 997. The summed E-state index contributed by atoms with van der Waals surface area (Å²) in [4.78, 5) is 4.65. The highest BCUT2D eigenvalue weighted by Crippen LogP contribution is 2.43. The number of hydrogen-bond acceptors (Lipinski definition) is 3. The molecule has 1 saturated carbocycles. The van der Waals surface area contributed by atoms with Crippen LogP contribution in [0.3, 0.4) is 0 Å². The van der Waals surface area contributed by atoms with E-state index in [1.807, 2.05) is 24.3 Å². The lowest BCUT2D eigenvalue weighted by molar-refractivity contribution is 0.243. The summed E-state index contributed by atoms with van der Waals surface area (Å²) in [6.07, 6.45) is 4.51. The summed E-state index contributed by atoms with van der Waals surface area (Å²) in [5, 5.41) is 6.68. The van der Waals surface area contributed by atoms with Crippen molar-refractivity contribution in [1.29, 1.82) is 0 Å². The van der Waals surface area contributed by atoms with Crippen LogP contribution < -0.4 is 10.6 Å². The van der Waals surface area contributed by atoms with Gasteiger partial charge in [-0.15, -0.1) is 0 Å². The van der Waals surface area contributed by atoms with Gasteiger partial charge >= 0.3 is 0 Å². The second kappa shape index (κ2) is 8.53. The first-order valence-corrected chi connectivity index (χ1v) is 11.6. The van der Waals surface area contributed by atoms with Gasteiger partial charge in [0, 0.05) is 31.8 Å². The lowest BCUT2D eigenvalue weighted by atomic mass is 9.64. The average molecular weight is 418 g/mol. The molecular formula is C22H28FN3O2S. The minimum Gasteiger partial charge on any atom is -0.356 e. The lowest BCUT2D eigenvalue weighted by Gasteiger charge is -2.43. The summed E-state index contributed by atoms with van der Waals surface area (Å²) in [5.74, 6) is 0.467. The molecule has 0 bridgehead atoms. The first kappa shape index (κ1) is 21.3. The molecule has 0 aliphatic heterocycles. The molecule has 2 aromatic carbocycles. The number of nitrogens with zero attached hydrogens (tertiary/aromatic N) is 1. The van der Waals surface area contributed by atoms with Crippen LogP contribution in [-0.2, 0) is 21.8 Å². The van der Waals surface area contributed by atoms with Gasteiger partial charge in [-0.05, 0) is 54.7 Å². The molecule has 1 aliphatic rings. The minimum absolute atomic E-state index is 0.0129. The van der Waals surface area contributed by atoms with Crippen molar-refractivity contribution in [1.82, 2.24) is 10.6 Å². The van der Waals surface area contributed by atoms with Crippen molar-refractivity contribution in [3.63, 3.8) is 0 Å². The Balaban J connectivity index is 1.61. The van der Waals surface area contributed by atoms with Crippen LogP contribution in [0.4, 0.5) is 4.39 Å². The molecule has 1 aliphatic carbocycles. The van der Waals surface area contributed by atoms with Gasteiger partial charge in [-0.3, -0.25) is 4.99 Å². The fraction of sp³-hybridized carbons (Fsp3) is 0.409. The summed E-state index contributed by atoms with van der Waals surface area (Å²) in [5.41, 5.74) is 2.88. The van der Waals surface area contributed by atoms with Crippen molar-refractivity contribution in [2.24, 2.45) is 4.99 Å². The van der Waals surface area contributed by atoms with E-state index in [0.29, 0.717) is 17.4 Å². The number of aryl methyl sites for hydroxylation is 1. The molecule has 0 unspecified atom stereocenters. The molecule has 0 saturated heterocycles. The van der Waals surface area contributed by atoms with Crippen LogP contribution in [-0.4, -0.2) is 34.2 Å². The molecule has 7 heteroatoms. The fourth-order valence-corrected chi connectivity index (χ4v) is 4.83. The number of benzene rings is 2. The van der Waals surface area contributed by atoms with Gasteiger partial charge in [-0.1, -0.05) is 30.7 Å². The van der Waals surface area contributed by atoms with E-state index in [1.54, 1.807) is 20.0 Å². The van der Waals surface area contributed by atoms with Crippen LogP contribution in [0.15, 0.2) is 52.4 Å². The van der Waals surface area contributed by atoms with Crippen LogP contribution in [0.25, 0.3) is 0 Å². The molecule has 1 fully saturated rings. The molecule has 2 aromatic rings. The van der Waals surface area contributed by atoms with Gasteiger partial charge in [0.1, 0.15) is 5.82 Å². The predicted octanol–water partition coefficient (Wildman–Crippen LogP) is 3.32. The number of nitrogens with one attached hydrogen (secondary N) is 2. The highest BCUT2D eigenvalue weighted by atomic mass is 32.2. The monoisotopic (exact) mass is 417 g/mol. The zero-order chi connectivity index (χ0) is 21.1. The van der Waals surface area contributed by atoms with E-state index >= 15 is 0 Å². The first-order valence-electron chi connectivity index (χ1n) is 9.74. The van der Waals surface area contributed by atoms with Crippen LogP contribution >= 0.6 is 0 Å². The van der Waals surface area contributed by atoms with E-state index in [1.165, 1.54) is 18.4 Å². The fourth-order valence-electron chi connectivity index (χ4n) is 3.87. The summed E-state index contributed by atoms with van der Waals surface area (Å²) >= 11 is 0. The van der Waals surface area contributed by atoms with E-state index in [0.717, 1.165) is 42.5 Å². The third-order valence-electron chi connectivity index (χ3n) is 5.68. The highest BCUT2D eigenvalue weighted by Gasteiger charge is 2.38. The molecule has 2 N–H and O–H groups in total. The van der Waals surface area contributed by atoms with Crippen molar-refractivity contribution >= 4 is 15.8 Å². The van der Waals surface area contributed by atoms with E-state index < -0.39 is 9.84 Å². The Labute approximate surface area is 172 Å². The maximum Gasteiger partial charge on any atom is 0.191 e. The maximum absolute atomic E-state index is 13.3. The summed E-state index contributed by atoms with van der Waals surface area (Å²) < 4.78 is 36.8. The summed E-state index contributed by atoms with van der Waals surface area (Å²) in [6.45, 7) is 3.06. The Morgan fingerprint density at radius 3 is 2.34 bits per heavy atom. The standard InChI is InChI=1S/C22H28FN3O2S/c1-16-13-17(5-10-20(16)29(3,27)28)14-25-21(24-2)26-15-22(11-4-12-22)18-6-8-19(23)9-7-18/h5-10,13H,4,11-12,14-15H2,1-3H3,(H2,24,25,26). The molecular weight excluding hydrogens is 389 g/mol. The van der Waals surface area contributed by atoms with E-state index in [-0.39, 0.29) is 11.2 Å². The molecule has 29 heavy (non-hydrogen) atoms. The van der Waals surface area contributed by atoms with Crippen molar-refractivity contribution in [2.75, 3.05) is 19.8 Å².